The lowest BCUT2D eigenvalue weighted by Gasteiger charge is -2.00. The minimum absolute atomic E-state index is 0.793. The van der Waals surface area contributed by atoms with E-state index >= 15 is 0 Å². The van der Waals surface area contributed by atoms with Crippen LogP contribution in [0.15, 0.2) is 29.2 Å². The van der Waals surface area contributed by atoms with Crippen LogP contribution in [-0.2, 0) is 0 Å². The van der Waals surface area contributed by atoms with Gasteiger partial charge in [0, 0.05) is 7.64 Å². The van der Waals surface area contributed by atoms with Gasteiger partial charge in [-0.25, -0.2) is 0 Å². The highest BCUT2D eigenvalue weighted by molar-refractivity contribution is 7.99. The van der Waals surface area contributed by atoms with Crippen molar-refractivity contribution in [3.05, 3.63) is 24.3 Å². The molecule has 0 aliphatic carbocycles. The first-order valence-electron chi connectivity index (χ1n) is 4.34. The fourth-order valence-electron chi connectivity index (χ4n) is 0.762. The van der Waals surface area contributed by atoms with Crippen LogP contribution in [-0.4, -0.2) is 12.8 Å². The highest BCUT2D eigenvalue weighted by Crippen LogP contribution is 2.20. The number of hydrogen-bond acceptors (Lipinski definition) is 2. The zero-order chi connectivity index (χ0) is 9.90. The third-order valence-electron chi connectivity index (χ3n) is 1.28. The summed E-state index contributed by atoms with van der Waals surface area (Å²) in [5.74, 6) is 0.793. The molecule has 0 aromatic heterocycles. The summed E-state index contributed by atoms with van der Waals surface area (Å²) >= 11 is 1.20. The molecule has 1 aromatic carbocycles. The maximum atomic E-state index is 7.37. The Labute approximate surface area is 74.6 Å². The standard InChI is InChI=1S/C9H12OS/c1-3-11-9-6-4-8(10-2)5-7-9/h4-7H,3H2,1-2H3/i3+1DH/t3-/m0/s1. The number of rotatable bonds is 3. The average molecular weight is 170 g/mol. The highest BCUT2D eigenvalue weighted by atomic mass is 32.2. The number of ether oxygens (including phenoxy) is 1. The minimum Gasteiger partial charge on any atom is -0.497 e. The summed E-state index contributed by atoms with van der Waals surface area (Å²) in [6.45, 7) is 1.54. The molecule has 1 rings (SSSR count). The average Bonchev–Trinajstić information content (AvgIpc) is 2.03. The molecule has 0 saturated carbocycles. The first kappa shape index (κ1) is 5.95. The van der Waals surface area contributed by atoms with Crippen molar-refractivity contribution in [3.8, 4) is 5.75 Å². The molecule has 0 heterocycles. The quantitative estimate of drug-likeness (QED) is 0.509. The van der Waals surface area contributed by atoms with E-state index in [-0.39, 0.29) is 0 Å². The lowest BCUT2D eigenvalue weighted by atomic mass is 10.3. The largest absolute Gasteiger partial charge is 0.497 e. The van der Waals surface area contributed by atoms with Crippen molar-refractivity contribution < 1.29 is 7.48 Å². The van der Waals surface area contributed by atoms with Crippen LogP contribution < -0.4 is 4.74 Å². The van der Waals surface area contributed by atoms with Gasteiger partial charge in [0.15, 0.2) is 0 Å². The maximum Gasteiger partial charge on any atom is 0.118 e. The van der Waals surface area contributed by atoms with E-state index in [0.717, 1.165) is 10.6 Å². The Morgan fingerprint density at radius 1 is 1.64 bits per heavy atom. The lowest BCUT2D eigenvalue weighted by molar-refractivity contribution is 0.414. The molecule has 1 nitrogen and oxygen atoms in total. The molecule has 0 radical (unpaired) electrons. The Morgan fingerprint density at radius 2 is 2.27 bits per heavy atom. The molecule has 0 aliphatic rings. The second-order valence-corrected chi connectivity index (χ2v) is 3.07. The van der Waals surface area contributed by atoms with E-state index in [9.17, 15) is 0 Å². The van der Waals surface area contributed by atoms with Crippen LogP contribution in [0.4, 0.5) is 0 Å². The molecule has 0 N–H and O–H groups in total. The van der Waals surface area contributed by atoms with Crippen LogP contribution >= 0.6 is 11.8 Å². The zero-order valence-corrected chi connectivity index (χ0v) is 7.44. The van der Waals surface area contributed by atoms with E-state index in [1.54, 1.807) is 14.0 Å². The van der Waals surface area contributed by atoms with Crippen molar-refractivity contribution in [2.75, 3.05) is 12.8 Å². The molecule has 0 saturated heterocycles. The summed E-state index contributed by atoms with van der Waals surface area (Å²) in [6, 6.07) is 7.36. The monoisotopic (exact) mass is 170 g/mol. The van der Waals surface area contributed by atoms with E-state index in [1.165, 1.54) is 11.8 Å². The van der Waals surface area contributed by atoms with Crippen molar-refractivity contribution in [1.82, 2.24) is 0 Å². The Hall–Kier alpha value is -0.630. The Bertz CT molecular complexity index is 266. The van der Waals surface area contributed by atoms with Crippen molar-refractivity contribution in [3.63, 3.8) is 0 Å². The molecule has 0 unspecified atom stereocenters. The second kappa shape index (κ2) is 4.29. The van der Waals surface area contributed by atoms with Gasteiger partial charge in [0.05, 0.1) is 7.11 Å². The molecule has 2 heteroatoms. The predicted octanol–water partition coefficient (Wildman–Crippen LogP) is 2.81. The van der Waals surface area contributed by atoms with Crippen LogP contribution in [0.25, 0.3) is 0 Å². The summed E-state index contributed by atoms with van der Waals surface area (Å²) in [4.78, 5) is 0.910. The fraction of sp³-hybridized carbons (Fsp3) is 0.333. The maximum absolute atomic E-state index is 7.37. The molecule has 1 aromatic rings. The number of benzene rings is 1. The molecule has 0 bridgehead atoms. The molecule has 60 valence electrons. The van der Waals surface area contributed by atoms with Gasteiger partial charge in [0.2, 0.25) is 0 Å². The van der Waals surface area contributed by atoms with E-state index in [0.29, 0.717) is 0 Å². The van der Waals surface area contributed by atoms with Gasteiger partial charge in [0.1, 0.15) is 5.75 Å². The summed E-state index contributed by atoms with van der Waals surface area (Å²) in [7, 11) is 1.61. The third kappa shape index (κ3) is 2.46. The Balaban J connectivity index is 2.70. The van der Waals surface area contributed by atoms with E-state index < -0.39 is 5.70 Å². The van der Waals surface area contributed by atoms with Gasteiger partial charge in [-0.1, -0.05) is 6.92 Å². The van der Waals surface area contributed by atoms with Crippen LogP contribution in [0.2, 0.25) is 0 Å². The smallest absolute Gasteiger partial charge is 0.118 e. The highest BCUT2D eigenvalue weighted by Gasteiger charge is 1.91. The van der Waals surface area contributed by atoms with Gasteiger partial charge >= 0.3 is 0 Å². The lowest BCUT2D eigenvalue weighted by Crippen LogP contribution is -1.81. The topological polar surface area (TPSA) is 9.23 Å². The van der Waals surface area contributed by atoms with Gasteiger partial charge in [-0.05, 0) is 30.0 Å². The van der Waals surface area contributed by atoms with Crippen LogP contribution in [0.1, 0.15) is 9.67 Å². The molecule has 11 heavy (non-hydrogen) atoms. The molecule has 0 fully saturated rings. The van der Waals surface area contributed by atoms with Gasteiger partial charge < -0.3 is 4.74 Å². The Morgan fingerprint density at radius 3 is 2.73 bits per heavy atom. The molecule has 0 spiro atoms. The normalized spacial score (nSPS) is 18.0. The van der Waals surface area contributed by atoms with Crippen LogP contribution in [0, 0.1) is 0 Å². The molecular weight excluding hydrogens is 157 g/mol. The van der Waals surface area contributed by atoms with Crippen molar-refractivity contribution in [2.24, 2.45) is 0 Å². The zero-order valence-electron chi connectivity index (χ0n) is 8.63. The summed E-state index contributed by atoms with van der Waals surface area (Å²) in [5.41, 5.74) is -1.23. The van der Waals surface area contributed by atoms with Crippen LogP contribution in [0.5, 0.6) is 5.75 Å². The van der Waals surface area contributed by atoms with Crippen molar-refractivity contribution in [1.29, 1.82) is 0 Å². The summed E-state index contributed by atoms with van der Waals surface area (Å²) < 4.78 is 19.7. The SMILES string of the molecule is [1H][13C@]([2H])(C)Sc1ccc(OC)cc1. The summed E-state index contributed by atoms with van der Waals surface area (Å²) in [6.07, 6.45) is 0. The van der Waals surface area contributed by atoms with Gasteiger partial charge in [-0.2, -0.15) is 0 Å². The number of thioether (sulfide) groups is 1. The fourth-order valence-corrected chi connectivity index (χ4v) is 1.27. The predicted molar refractivity (Wildman–Crippen MR) is 49.4 cm³/mol. The minimum atomic E-state index is -1.23. The third-order valence-corrected chi connectivity index (χ3v) is 1.99. The van der Waals surface area contributed by atoms with Gasteiger partial charge in [0.25, 0.3) is 0 Å². The van der Waals surface area contributed by atoms with Gasteiger partial charge in [-0.3, -0.25) is 0 Å². The van der Waals surface area contributed by atoms with E-state index in [1.807, 2.05) is 24.3 Å². The van der Waals surface area contributed by atoms with Gasteiger partial charge in [-0.15, -0.1) is 11.8 Å². The molecular formula is C9H12OS. The molecule has 0 amide bonds. The summed E-state index contributed by atoms with van der Waals surface area (Å²) in [5, 5.41) is 0. The number of hydrogen-bond donors (Lipinski definition) is 0. The molecule has 0 aliphatic heterocycles. The van der Waals surface area contributed by atoms with Crippen molar-refractivity contribution >= 4 is 11.8 Å². The first-order valence-corrected chi connectivity index (χ1v) is 4.16. The van der Waals surface area contributed by atoms with Crippen LogP contribution in [0.3, 0.4) is 0 Å². The molecule has 1 atom stereocenters. The Kier molecular flexibility index (Phi) is 2.32. The second-order valence-electron chi connectivity index (χ2n) is 1.98. The van der Waals surface area contributed by atoms with E-state index in [2.05, 4.69) is 0 Å². The first-order chi connectivity index (χ1) is 6.01. The van der Waals surface area contributed by atoms with E-state index in [4.69, 9.17) is 7.48 Å². The number of methoxy groups -OCH3 is 1. The van der Waals surface area contributed by atoms with Crippen molar-refractivity contribution in [2.45, 2.75) is 11.8 Å².